The molecule has 0 bridgehead atoms. The van der Waals surface area contributed by atoms with Gasteiger partial charge in [0.1, 0.15) is 5.75 Å². The largest absolute Gasteiger partial charge is 0.483 e. The van der Waals surface area contributed by atoms with E-state index in [0.29, 0.717) is 16.8 Å². The van der Waals surface area contributed by atoms with Crippen LogP contribution in [0.2, 0.25) is 0 Å². The zero-order valence-electron chi connectivity index (χ0n) is 13.7. The number of hydrogen-bond acceptors (Lipinski definition) is 3. The number of rotatable bonds is 6. The lowest BCUT2D eigenvalue weighted by molar-refractivity contribution is -0.123. The summed E-state index contributed by atoms with van der Waals surface area (Å²) in [5, 5.41) is 3.43. The Morgan fingerprint density at radius 1 is 1.27 bits per heavy atom. The molecule has 0 aliphatic rings. The van der Waals surface area contributed by atoms with E-state index in [1.165, 1.54) is 0 Å². The maximum atomic E-state index is 11.7. The average molecular weight is 323 g/mol. The fourth-order valence-corrected chi connectivity index (χ4v) is 1.86. The molecule has 0 aliphatic heterocycles. The quantitative estimate of drug-likeness (QED) is 0.553. The molecule has 6 heteroatoms. The van der Waals surface area contributed by atoms with Gasteiger partial charge in [-0.3, -0.25) is 15.6 Å². The molecule has 1 amide bonds. The van der Waals surface area contributed by atoms with E-state index in [-0.39, 0.29) is 12.5 Å². The van der Waals surface area contributed by atoms with Crippen molar-refractivity contribution in [3.05, 3.63) is 29.3 Å². The summed E-state index contributed by atoms with van der Waals surface area (Å²) in [4.78, 5) is 11.7. The summed E-state index contributed by atoms with van der Waals surface area (Å²) in [6.07, 6.45) is 1.02. The molecule has 0 unspecified atom stereocenters. The minimum absolute atomic E-state index is 0.0636. The molecule has 0 saturated carbocycles. The van der Waals surface area contributed by atoms with Gasteiger partial charge in [-0.2, -0.15) is 0 Å². The van der Waals surface area contributed by atoms with Crippen molar-refractivity contribution in [3.8, 4) is 5.75 Å². The van der Waals surface area contributed by atoms with Crippen LogP contribution in [0.3, 0.4) is 0 Å². The highest BCUT2D eigenvalue weighted by Gasteiger charge is 2.06. The SMILES string of the molecule is Cc1cccc(OCC(=O)NNC(=S)NCCC(C)C)c1C. The first-order valence-electron chi connectivity index (χ1n) is 7.42. The van der Waals surface area contributed by atoms with Gasteiger partial charge in [0.05, 0.1) is 0 Å². The van der Waals surface area contributed by atoms with Crippen LogP contribution in [-0.2, 0) is 4.79 Å². The molecule has 0 aliphatic carbocycles. The number of thiocarbonyl (C=S) groups is 1. The molecule has 0 radical (unpaired) electrons. The van der Waals surface area contributed by atoms with Crippen LogP contribution in [-0.4, -0.2) is 24.2 Å². The van der Waals surface area contributed by atoms with Crippen molar-refractivity contribution in [2.45, 2.75) is 34.1 Å². The second-order valence-electron chi connectivity index (χ2n) is 5.60. The summed E-state index contributed by atoms with van der Waals surface area (Å²) >= 11 is 5.06. The molecule has 5 nitrogen and oxygen atoms in total. The normalized spacial score (nSPS) is 10.2. The van der Waals surface area contributed by atoms with Crippen molar-refractivity contribution in [2.24, 2.45) is 5.92 Å². The lowest BCUT2D eigenvalue weighted by Crippen LogP contribution is -2.48. The second-order valence-corrected chi connectivity index (χ2v) is 6.01. The van der Waals surface area contributed by atoms with Crippen molar-refractivity contribution in [3.63, 3.8) is 0 Å². The van der Waals surface area contributed by atoms with Gasteiger partial charge in [0.25, 0.3) is 5.91 Å². The van der Waals surface area contributed by atoms with Gasteiger partial charge in [-0.05, 0) is 55.6 Å². The van der Waals surface area contributed by atoms with Gasteiger partial charge < -0.3 is 10.1 Å². The predicted molar refractivity (Wildman–Crippen MR) is 92.7 cm³/mol. The van der Waals surface area contributed by atoms with Gasteiger partial charge in [-0.15, -0.1) is 0 Å². The lowest BCUT2D eigenvalue weighted by atomic mass is 10.1. The first-order valence-corrected chi connectivity index (χ1v) is 7.82. The van der Waals surface area contributed by atoms with Crippen LogP contribution in [0.5, 0.6) is 5.75 Å². The van der Waals surface area contributed by atoms with Gasteiger partial charge in [0, 0.05) is 6.54 Å². The molecule has 0 spiro atoms. The van der Waals surface area contributed by atoms with Crippen LogP contribution in [0.1, 0.15) is 31.4 Å². The topological polar surface area (TPSA) is 62.4 Å². The highest BCUT2D eigenvalue weighted by Crippen LogP contribution is 2.20. The Labute approximate surface area is 137 Å². The van der Waals surface area contributed by atoms with Crippen LogP contribution in [0.25, 0.3) is 0 Å². The Balaban J connectivity index is 2.26. The predicted octanol–water partition coefficient (Wildman–Crippen LogP) is 2.22. The molecule has 0 aromatic heterocycles. The molecule has 1 aromatic carbocycles. The van der Waals surface area contributed by atoms with E-state index in [2.05, 4.69) is 30.0 Å². The standard InChI is InChI=1S/C16H25N3O2S/c1-11(2)8-9-17-16(22)19-18-15(20)10-21-14-7-5-6-12(3)13(14)4/h5-7,11H,8-10H2,1-4H3,(H,18,20)(H2,17,19,22). The number of nitrogens with one attached hydrogen (secondary N) is 3. The third kappa shape index (κ3) is 6.76. The van der Waals surface area contributed by atoms with Gasteiger partial charge >= 0.3 is 0 Å². The van der Waals surface area contributed by atoms with E-state index in [9.17, 15) is 4.79 Å². The first kappa shape index (κ1) is 18.2. The molecular weight excluding hydrogens is 298 g/mol. The first-order chi connectivity index (χ1) is 10.4. The summed E-state index contributed by atoms with van der Waals surface area (Å²) in [5.41, 5.74) is 7.33. The summed E-state index contributed by atoms with van der Waals surface area (Å²) in [5.74, 6) is 1.04. The molecule has 0 heterocycles. The molecule has 0 saturated heterocycles. The van der Waals surface area contributed by atoms with Crippen molar-refractivity contribution < 1.29 is 9.53 Å². The summed E-state index contributed by atoms with van der Waals surface area (Å²) < 4.78 is 5.51. The van der Waals surface area contributed by atoms with Gasteiger partial charge in [0.15, 0.2) is 11.7 Å². The van der Waals surface area contributed by atoms with E-state index < -0.39 is 0 Å². The van der Waals surface area contributed by atoms with Crippen molar-refractivity contribution in [1.82, 2.24) is 16.2 Å². The molecule has 3 N–H and O–H groups in total. The maximum Gasteiger partial charge on any atom is 0.276 e. The number of amides is 1. The molecule has 0 atom stereocenters. The number of ether oxygens (including phenoxy) is 1. The van der Waals surface area contributed by atoms with E-state index in [1.807, 2.05) is 32.0 Å². The highest BCUT2D eigenvalue weighted by molar-refractivity contribution is 7.80. The van der Waals surface area contributed by atoms with E-state index in [1.54, 1.807) is 0 Å². The Morgan fingerprint density at radius 2 is 2.00 bits per heavy atom. The van der Waals surface area contributed by atoms with Crippen molar-refractivity contribution in [2.75, 3.05) is 13.2 Å². The van der Waals surface area contributed by atoms with Crippen molar-refractivity contribution in [1.29, 1.82) is 0 Å². The Bertz CT molecular complexity index is 518. The molecule has 1 aromatic rings. The maximum absolute atomic E-state index is 11.7. The summed E-state index contributed by atoms with van der Waals surface area (Å²) in [6.45, 7) is 8.97. The van der Waals surface area contributed by atoms with Crippen LogP contribution in [0.15, 0.2) is 18.2 Å². The number of hydrazine groups is 1. The third-order valence-corrected chi connectivity index (χ3v) is 3.48. The Morgan fingerprint density at radius 3 is 2.68 bits per heavy atom. The van der Waals surface area contributed by atoms with Gasteiger partial charge in [0.2, 0.25) is 0 Å². The molecule has 22 heavy (non-hydrogen) atoms. The van der Waals surface area contributed by atoms with Gasteiger partial charge in [-0.1, -0.05) is 26.0 Å². The van der Waals surface area contributed by atoms with Crippen LogP contribution < -0.4 is 20.9 Å². The number of carbonyl (C=O) groups is 1. The molecule has 1 rings (SSSR count). The number of hydrogen-bond donors (Lipinski definition) is 3. The van der Waals surface area contributed by atoms with E-state index >= 15 is 0 Å². The van der Waals surface area contributed by atoms with Crippen LogP contribution in [0.4, 0.5) is 0 Å². The zero-order chi connectivity index (χ0) is 16.5. The third-order valence-electron chi connectivity index (χ3n) is 3.24. The molecular formula is C16H25N3O2S. The van der Waals surface area contributed by atoms with E-state index in [0.717, 1.165) is 24.1 Å². The molecule has 0 fully saturated rings. The van der Waals surface area contributed by atoms with Crippen molar-refractivity contribution >= 4 is 23.2 Å². The Kier molecular flexibility index (Phi) is 7.66. The number of aryl methyl sites for hydroxylation is 1. The van der Waals surface area contributed by atoms with E-state index in [4.69, 9.17) is 17.0 Å². The smallest absolute Gasteiger partial charge is 0.276 e. The number of carbonyl (C=O) groups excluding carboxylic acids is 1. The second kappa shape index (κ2) is 9.25. The van der Waals surface area contributed by atoms with Crippen LogP contribution in [0, 0.1) is 19.8 Å². The number of benzene rings is 1. The lowest BCUT2D eigenvalue weighted by Gasteiger charge is -2.13. The minimum atomic E-state index is -0.283. The fraction of sp³-hybridized carbons (Fsp3) is 0.500. The monoisotopic (exact) mass is 323 g/mol. The Hall–Kier alpha value is -1.82. The highest BCUT2D eigenvalue weighted by atomic mass is 32.1. The summed E-state index contributed by atoms with van der Waals surface area (Å²) in [6, 6.07) is 5.76. The zero-order valence-corrected chi connectivity index (χ0v) is 14.5. The fourth-order valence-electron chi connectivity index (χ4n) is 1.70. The minimum Gasteiger partial charge on any atom is -0.483 e. The van der Waals surface area contributed by atoms with Gasteiger partial charge in [-0.25, -0.2) is 0 Å². The summed E-state index contributed by atoms with van der Waals surface area (Å²) in [7, 11) is 0. The molecule has 122 valence electrons. The average Bonchev–Trinajstić information content (AvgIpc) is 2.46. The van der Waals surface area contributed by atoms with Crippen LogP contribution >= 0.6 is 12.2 Å².